The second-order valence-corrected chi connectivity index (χ2v) is 9.05. The smallest absolute Gasteiger partial charge is 0.407 e. The third-order valence-electron chi connectivity index (χ3n) is 4.51. The maximum absolute atomic E-state index is 14.9. The van der Waals surface area contributed by atoms with Crippen molar-refractivity contribution in [1.82, 2.24) is 10.3 Å². The van der Waals surface area contributed by atoms with Gasteiger partial charge in [-0.15, -0.1) is 0 Å². The summed E-state index contributed by atoms with van der Waals surface area (Å²) in [4.78, 5) is 27.7. The van der Waals surface area contributed by atoms with Crippen LogP contribution in [-0.4, -0.2) is 40.4 Å². The number of carbonyl (C=O) groups excluding carboxylic acids is 1. The second kappa shape index (κ2) is 10.4. The number of nitrogens with zero attached hydrogens (tertiary/aromatic N) is 1. The third-order valence-corrected chi connectivity index (χ3v) is 4.51. The first-order valence-corrected chi connectivity index (χ1v) is 10.5. The molecule has 1 unspecified atom stereocenters. The highest BCUT2D eigenvalue weighted by Gasteiger charge is 2.22. The Bertz CT molecular complexity index is 969. The van der Waals surface area contributed by atoms with Crippen LogP contribution in [-0.2, 0) is 4.74 Å². The number of aromatic nitrogens is 1. The molecule has 0 saturated carbocycles. The van der Waals surface area contributed by atoms with Crippen molar-refractivity contribution in [2.45, 2.75) is 59.6 Å². The van der Waals surface area contributed by atoms with E-state index in [1.165, 1.54) is 24.4 Å². The maximum atomic E-state index is 14.9. The highest BCUT2D eigenvalue weighted by atomic mass is 19.1. The van der Waals surface area contributed by atoms with Crippen molar-refractivity contribution in [3.63, 3.8) is 0 Å². The van der Waals surface area contributed by atoms with E-state index >= 15 is 0 Å². The average molecular weight is 447 g/mol. The number of benzene rings is 1. The number of hydrogen-bond acceptors (Lipinski definition) is 5. The molecule has 174 valence electrons. The van der Waals surface area contributed by atoms with E-state index in [4.69, 9.17) is 9.47 Å². The molecule has 0 spiro atoms. The predicted octanol–water partition coefficient (Wildman–Crippen LogP) is 5.21. The van der Waals surface area contributed by atoms with Crippen LogP contribution in [0.4, 0.5) is 9.18 Å². The van der Waals surface area contributed by atoms with Crippen molar-refractivity contribution in [2.24, 2.45) is 5.92 Å². The Labute approximate surface area is 188 Å². The lowest BCUT2D eigenvalue weighted by atomic mass is 9.99. The van der Waals surface area contributed by atoms with Crippen molar-refractivity contribution in [2.75, 3.05) is 6.61 Å². The lowest BCUT2D eigenvalue weighted by Crippen LogP contribution is -2.42. The van der Waals surface area contributed by atoms with Gasteiger partial charge in [0.1, 0.15) is 23.8 Å². The van der Waals surface area contributed by atoms with Gasteiger partial charge in [-0.05, 0) is 58.2 Å². The molecule has 2 aromatic rings. The third kappa shape index (κ3) is 7.21. The van der Waals surface area contributed by atoms with Gasteiger partial charge < -0.3 is 19.9 Å². The van der Waals surface area contributed by atoms with Gasteiger partial charge in [-0.3, -0.25) is 4.98 Å². The largest absolute Gasteiger partial charge is 0.491 e. The number of pyridine rings is 1. The SMILES string of the molecule is Cc1nccc(-c2ccc(OCC(CC(C)C)NC(=O)OC(C)(C)C)cc2F)c1C(=O)O. The molecule has 8 heteroatoms. The zero-order valence-corrected chi connectivity index (χ0v) is 19.4. The van der Waals surface area contributed by atoms with Gasteiger partial charge in [-0.2, -0.15) is 0 Å². The van der Waals surface area contributed by atoms with Crippen LogP contribution in [0.1, 0.15) is 57.1 Å². The summed E-state index contributed by atoms with van der Waals surface area (Å²) in [6.07, 6.45) is 1.56. The molecule has 0 aliphatic carbocycles. The van der Waals surface area contributed by atoms with Crippen LogP contribution in [0.15, 0.2) is 30.5 Å². The molecule has 2 N–H and O–H groups in total. The molecule has 0 radical (unpaired) electrons. The van der Waals surface area contributed by atoms with Gasteiger partial charge in [0.25, 0.3) is 0 Å². The maximum Gasteiger partial charge on any atom is 0.407 e. The standard InChI is InChI=1S/C24H31FN2O5/c1-14(2)11-16(27-23(30)32-24(4,5)6)13-31-17-7-8-18(20(25)12-17)19-9-10-26-15(3)21(19)22(28)29/h7-10,12,14,16H,11,13H2,1-6H3,(H,27,30)(H,28,29). The number of amides is 1. The molecule has 1 aromatic carbocycles. The van der Waals surface area contributed by atoms with Crippen LogP contribution < -0.4 is 10.1 Å². The quantitative estimate of drug-likeness (QED) is 0.577. The number of halogens is 1. The summed E-state index contributed by atoms with van der Waals surface area (Å²) in [5, 5.41) is 12.3. The Morgan fingerprint density at radius 2 is 1.88 bits per heavy atom. The highest BCUT2D eigenvalue weighted by Crippen LogP contribution is 2.30. The number of aromatic carboxylic acids is 1. The molecule has 1 aromatic heterocycles. The zero-order chi connectivity index (χ0) is 24.1. The number of hydrogen-bond donors (Lipinski definition) is 2. The molecule has 1 atom stereocenters. The van der Waals surface area contributed by atoms with Gasteiger partial charge in [-0.1, -0.05) is 13.8 Å². The lowest BCUT2D eigenvalue weighted by molar-refractivity contribution is 0.0479. The zero-order valence-electron chi connectivity index (χ0n) is 19.4. The monoisotopic (exact) mass is 446 g/mol. The number of carbonyl (C=O) groups is 2. The predicted molar refractivity (Wildman–Crippen MR) is 119 cm³/mol. The second-order valence-electron chi connectivity index (χ2n) is 9.05. The van der Waals surface area contributed by atoms with Crippen LogP contribution in [0, 0.1) is 18.7 Å². The summed E-state index contributed by atoms with van der Waals surface area (Å²) in [7, 11) is 0. The summed E-state index contributed by atoms with van der Waals surface area (Å²) < 4.78 is 25.9. The number of nitrogens with one attached hydrogen (secondary N) is 1. The fourth-order valence-electron chi connectivity index (χ4n) is 3.27. The van der Waals surface area contributed by atoms with Crippen LogP contribution in [0.2, 0.25) is 0 Å². The number of carboxylic acid groups (broad SMARTS) is 1. The van der Waals surface area contributed by atoms with E-state index in [9.17, 15) is 19.1 Å². The molecule has 1 heterocycles. The van der Waals surface area contributed by atoms with Gasteiger partial charge in [0, 0.05) is 23.4 Å². The first-order valence-electron chi connectivity index (χ1n) is 10.5. The van der Waals surface area contributed by atoms with E-state index in [1.807, 2.05) is 13.8 Å². The van der Waals surface area contributed by atoms with Crippen molar-refractivity contribution in [3.8, 4) is 16.9 Å². The van der Waals surface area contributed by atoms with Gasteiger partial charge in [0.05, 0.1) is 17.3 Å². The lowest BCUT2D eigenvalue weighted by Gasteiger charge is -2.24. The van der Waals surface area contributed by atoms with E-state index < -0.39 is 23.5 Å². The Morgan fingerprint density at radius 3 is 2.44 bits per heavy atom. The fraction of sp³-hybridized carbons (Fsp3) is 0.458. The highest BCUT2D eigenvalue weighted by molar-refractivity contribution is 5.97. The van der Waals surface area contributed by atoms with E-state index in [0.717, 1.165) is 0 Å². The molecular weight excluding hydrogens is 415 g/mol. The van der Waals surface area contributed by atoms with Crippen molar-refractivity contribution < 1.29 is 28.6 Å². The van der Waals surface area contributed by atoms with Crippen LogP contribution in [0.5, 0.6) is 5.75 Å². The molecule has 0 saturated heterocycles. The molecule has 0 aliphatic rings. The Balaban J connectivity index is 2.16. The first kappa shape index (κ1) is 25.1. The molecule has 7 nitrogen and oxygen atoms in total. The Kier molecular flexibility index (Phi) is 8.19. The number of rotatable bonds is 8. The molecule has 0 fully saturated rings. The minimum atomic E-state index is -1.17. The number of carboxylic acids is 1. The van der Waals surface area contributed by atoms with Crippen molar-refractivity contribution >= 4 is 12.1 Å². The number of alkyl carbamates (subject to hydrolysis) is 1. The van der Waals surface area contributed by atoms with E-state index in [2.05, 4.69) is 10.3 Å². The van der Waals surface area contributed by atoms with Crippen LogP contribution in [0.25, 0.3) is 11.1 Å². The summed E-state index contributed by atoms with van der Waals surface area (Å²) in [5.41, 5.74) is 0.0362. The van der Waals surface area contributed by atoms with Crippen LogP contribution in [0.3, 0.4) is 0 Å². The fourth-order valence-corrected chi connectivity index (χ4v) is 3.27. The average Bonchev–Trinajstić information content (AvgIpc) is 2.63. The minimum absolute atomic E-state index is 0.0429. The van der Waals surface area contributed by atoms with Gasteiger partial charge in [0.2, 0.25) is 0 Å². The summed E-state index contributed by atoms with van der Waals surface area (Å²) in [6, 6.07) is 5.40. The summed E-state index contributed by atoms with van der Waals surface area (Å²) in [6.45, 7) is 11.1. The van der Waals surface area contributed by atoms with Gasteiger partial charge in [0.15, 0.2) is 0 Å². The molecular formula is C24H31FN2O5. The number of aryl methyl sites for hydroxylation is 1. The van der Waals surface area contributed by atoms with E-state index in [1.54, 1.807) is 33.8 Å². The number of ether oxygens (including phenoxy) is 2. The first-order chi connectivity index (χ1) is 14.9. The Hall–Kier alpha value is -3.16. The van der Waals surface area contributed by atoms with Gasteiger partial charge in [-0.25, -0.2) is 14.0 Å². The molecule has 0 bridgehead atoms. The Morgan fingerprint density at radius 1 is 1.19 bits per heavy atom. The molecule has 2 rings (SSSR count). The normalized spacial score (nSPS) is 12.4. The van der Waals surface area contributed by atoms with Gasteiger partial charge >= 0.3 is 12.1 Å². The minimum Gasteiger partial charge on any atom is -0.491 e. The van der Waals surface area contributed by atoms with Crippen molar-refractivity contribution in [1.29, 1.82) is 0 Å². The molecule has 1 amide bonds. The summed E-state index contributed by atoms with van der Waals surface area (Å²) >= 11 is 0. The molecule has 32 heavy (non-hydrogen) atoms. The van der Waals surface area contributed by atoms with Crippen molar-refractivity contribution in [3.05, 3.63) is 47.5 Å². The van der Waals surface area contributed by atoms with E-state index in [0.29, 0.717) is 18.0 Å². The van der Waals surface area contributed by atoms with Crippen LogP contribution >= 0.6 is 0 Å². The molecule has 0 aliphatic heterocycles. The topological polar surface area (TPSA) is 97.8 Å². The van der Waals surface area contributed by atoms with E-state index in [-0.39, 0.29) is 35.1 Å². The summed E-state index contributed by atoms with van der Waals surface area (Å²) in [5.74, 6) is -1.22.